The number of aliphatic hydroxyl groups excluding tert-OH is 1. The van der Waals surface area contributed by atoms with Crippen LogP contribution in [0.2, 0.25) is 0 Å². The van der Waals surface area contributed by atoms with Crippen LogP contribution in [0, 0.1) is 5.92 Å². The highest BCUT2D eigenvalue weighted by Gasteiger charge is 2.20. The number of anilines is 2. The summed E-state index contributed by atoms with van der Waals surface area (Å²) in [4.78, 5) is 0. The Bertz CT molecular complexity index is 549. The second kappa shape index (κ2) is 3.92. The Balaban J connectivity index is 2.01. The summed E-state index contributed by atoms with van der Waals surface area (Å²) in [5, 5.41) is 18.0. The highest BCUT2D eigenvalue weighted by molar-refractivity contribution is 5.92. The predicted octanol–water partition coefficient (Wildman–Crippen LogP) is 1.04. The Kier molecular flexibility index (Phi) is 2.40. The van der Waals surface area contributed by atoms with Crippen LogP contribution in [0.25, 0.3) is 10.9 Å². The third-order valence-corrected chi connectivity index (χ3v) is 3.29. The molecule has 3 rings (SSSR count). The average molecular weight is 232 g/mol. The van der Waals surface area contributed by atoms with Crippen molar-refractivity contribution < 1.29 is 5.11 Å². The zero-order valence-electron chi connectivity index (χ0n) is 9.56. The smallest absolute Gasteiger partial charge is 0.132 e. The maximum Gasteiger partial charge on any atom is 0.132 e. The first-order valence-electron chi connectivity index (χ1n) is 5.88. The second-order valence-electron chi connectivity index (χ2n) is 4.57. The van der Waals surface area contributed by atoms with Crippen LogP contribution in [0.5, 0.6) is 0 Å². The van der Waals surface area contributed by atoms with Gasteiger partial charge < -0.3 is 16.2 Å². The minimum Gasteiger partial charge on any atom is -0.399 e. The molecule has 90 valence electrons. The van der Waals surface area contributed by atoms with E-state index in [9.17, 15) is 0 Å². The lowest BCUT2D eigenvalue weighted by molar-refractivity contribution is 0.245. The van der Waals surface area contributed by atoms with Crippen LogP contribution in [-0.4, -0.2) is 28.0 Å². The quantitative estimate of drug-likeness (QED) is 0.676. The molecule has 5 heteroatoms. The molecule has 5 nitrogen and oxygen atoms in total. The van der Waals surface area contributed by atoms with Crippen LogP contribution in [0.15, 0.2) is 18.2 Å². The van der Waals surface area contributed by atoms with Crippen molar-refractivity contribution in [1.29, 1.82) is 0 Å². The lowest BCUT2D eigenvalue weighted by Gasteiger charge is -2.24. The van der Waals surface area contributed by atoms with E-state index in [1.165, 1.54) is 0 Å². The molecule has 1 aromatic heterocycles. The minimum absolute atomic E-state index is 0.232. The Labute approximate surface area is 99.2 Å². The van der Waals surface area contributed by atoms with E-state index >= 15 is 0 Å². The van der Waals surface area contributed by atoms with Gasteiger partial charge in [0.15, 0.2) is 0 Å². The van der Waals surface area contributed by atoms with E-state index in [4.69, 9.17) is 10.8 Å². The Hall–Kier alpha value is -1.75. The number of hydrogen-bond acceptors (Lipinski definition) is 4. The largest absolute Gasteiger partial charge is 0.399 e. The van der Waals surface area contributed by atoms with Gasteiger partial charge in [0.05, 0.1) is 5.52 Å². The summed E-state index contributed by atoms with van der Waals surface area (Å²) in [5.74, 6) is 1.51. The van der Waals surface area contributed by atoms with Crippen molar-refractivity contribution in [3.63, 3.8) is 0 Å². The molecule has 0 amide bonds. The molecule has 1 aromatic carbocycles. The van der Waals surface area contributed by atoms with Gasteiger partial charge in [-0.3, -0.25) is 0 Å². The van der Waals surface area contributed by atoms with Gasteiger partial charge in [0.25, 0.3) is 0 Å². The number of hydrogen-bond donors (Lipinski definition) is 3. The highest BCUT2D eigenvalue weighted by Crippen LogP contribution is 2.29. The number of fused-ring (bicyclic) bond motifs is 3. The summed E-state index contributed by atoms with van der Waals surface area (Å²) >= 11 is 0. The van der Waals surface area contributed by atoms with Crippen molar-refractivity contribution in [3.05, 3.63) is 18.2 Å². The SMILES string of the molecule is Nc1ccc2c3n(nc2c1)CC(CCO)CN3. The van der Waals surface area contributed by atoms with Gasteiger partial charge >= 0.3 is 0 Å². The molecule has 17 heavy (non-hydrogen) atoms. The monoisotopic (exact) mass is 232 g/mol. The minimum atomic E-state index is 0.232. The fourth-order valence-corrected chi connectivity index (χ4v) is 2.40. The zero-order chi connectivity index (χ0) is 11.8. The molecule has 0 fully saturated rings. The van der Waals surface area contributed by atoms with Gasteiger partial charge in [0.2, 0.25) is 0 Å². The fraction of sp³-hybridized carbons (Fsp3) is 0.417. The zero-order valence-corrected chi connectivity index (χ0v) is 9.56. The van der Waals surface area contributed by atoms with E-state index in [2.05, 4.69) is 10.4 Å². The number of nitrogens with zero attached hydrogens (tertiary/aromatic N) is 2. The Morgan fingerprint density at radius 3 is 3.24 bits per heavy atom. The van der Waals surface area contributed by atoms with Crippen LogP contribution in [-0.2, 0) is 6.54 Å². The molecule has 0 spiro atoms. The maximum atomic E-state index is 8.97. The van der Waals surface area contributed by atoms with Gasteiger partial charge in [-0.25, -0.2) is 4.68 Å². The first-order valence-corrected chi connectivity index (χ1v) is 5.88. The molecule has 0 saturated heterocycles. The number of aliphatic hydroxyl groups is 1. The number of rotatable bonds is 2. The van der Waals surface area contributed by atoms with Crippen molar-refractivity contribution in [2.75, 3.05) is 24.2 Å². The van der Waals surface area contributed by atoms with Gasteiger partial charge in [-0.05, 0) is 30.5 Å². The van der Waals surface area contributed by atoms with Crippen LogP contribution in [0.3, 0.4) is 0 Å². The molecule has 0 aliphatic carbocycles. The van der Waals surface area contributed by atoms with E-state index in [0.717, 1.165) is 41.9 Å². The highest BCUT2D eigenvalue weighted by atomic mass is 16.3. The van der Waals surface area contributed by atoms with E-state index in [1.54, 1.807) is 0 Å². The lowest BCUT2D eigenvalue weighted by atomic mass is 10.0. The third kappa shape index (κ3) is 1.72. The number of nitrogen functional groups attached to an aromatic ring is 1. The third-order valence-electron chi connectivity index (χ3n) is 3.29. The summed E-state index contributed by atoms with van der Waals surface area (Å²) in [6.45, 7) is 1.98. The fourth-order valence-electron chi connectivity index (χ4n) is 2.40. The second-order valence-corrected chi connectivity index (χ2v) is 4.57. The topological polar surface area (TPSA) is 76.1 Å². The summed E-state index contributed by atoms with van der Waals surface area (Å²) < 4.78 is 1.98. The van der Waals surface area contributed by atoms with Crippen LogP contribution in [0.4, 0.5) is 11.5 Å². The van der Waals surface area contributed by atoms with E-state index < -0.39 is 0 Å². The molecule has 0 radical (unpaired) electrons. The molecule has 1 atom stereocenters. The Morgan fingerprint density at radius 1 is 1.53 bits per heavy atom. The summed E-state index contributed by atoms with van der Waals surface area (Å²) in [6, 6.07) is 5.79. The van der Waals surface area contributed by atoms with Gasteiger partial charge in [-0.1, -0.05) is 0 Å². The van der Waals surface area contributed by atoms with Crippen molar-refractivity contribution in [2.45, 2.75) is 13.0 Å². The molecule has 1 aliphatic rings. The van der Waals surface area contributed by atoms with Gasteiger partial charge in [0.1, 0.15) is 5.82 Å². The van der Waals surface area contributed by atoms with E-state index in [1.807, 2.05) is 22.9 Å². The molecular formula is C12H16N4O. The molecule has 2 heterocycles. The lowest BCUT2D eigenvalue weighted by Crippen LogP contribution is -2.28. The molecule has 1 aliphatic heterocycles. The van der Waals surface area contributed by atoms with Crippen LogP contribution in [0.1, 0.15) is 6.42 Å². The van der Waals surface area contributed by atoms with Crippen LogP contribution < -0.4 is 11.1 Å². The van der Waals surface area contributed by atoms with E-state index in [0.29, 0.717) is 5.92 Å². The number of nitrogens with two attached hydrogens (primary N) is 1. The van der Waals surface area contributed by atoms with Gasteiger partial charge in [-0.2, -0.15) is 5.10 Å². The van der Waals surface area contributed by atoms with Crippen LogP contribution >= 0.6 is 0 Å². The summed E-state index contributed by atoms with van der Waals surface area (Å²) in [7, 11) is 0. The summed E-state index contributed by atoms with van der Waals surface area (Å²) in [6.07, 6.45) is 0.810. The maximum absolute atomic E-state index is 8.97. The molecule has 0 saturated carbocycles. The average Bonchev–Trinajstić information content (AvgIpc) is 2.65. The predicted molar refractivity (Wildman–Crippen MR) is 67.8 cm³/mol. The molecule has 1 unspecified atom stereocenters. The van der Waals surface area contributed by atoms with Gasteiger partial charge in [0, 0.05) is 30.8 Å². The molecule has 0 bridgehead atoms. The van der Waals surface area contributed by atoms with Gasteiger partial charge in [-0.15, -0.1) is 0 Å². The van der Waals surface area contributed by atoms with Crippen molar-refractivity contribution >= 4 is 22.4 Å². The number of benzene rings is 1. The molecular weight excluding hydrogens is 216 g/mol. The van der Waals surface area contributed by atoms with E-state index in [-0.39, 0.29) is 6.61 Å². The number of nitrogens with one attached hydrogen (secondary N) is 1. The first-order chi connectivity index (χ1) is 8.28. The Morgan fingerprint density at radius 2 is 2.41 bits per heavy atom. The molecule has 4 N–H and O–H groups in total. The van der Waals surface area contributed by atoms with Crippen molar-refractivity contribution in [1.82, 2.24) is 9.78 Å². The van der Waals surface area contributed by atoms with Crippen molar-refractivity contribution in [2.24, 2.45) is 5.92 Å². The molecule has 2 aromatic rings. The summed E-state index contributed by atoms with van der Waals surface area (Å²) in [5.41, 5.74) is 7.42. The normalized spacial score (nSPS) is 19.0. The standard InChI is InChI=1S/C12H16N4O/c13-9-1-2-10-11(5-9)15-16-7-8(3-4-17)6-14-12(10)16/h1-2,5,8,14,17H,3-4,6-7,13H2. The number of aromatic nitrogens is 2. The van der Waals surface area contributed by atoms with Crippen molar-refractivity contribution in [3.8, 4) is 0 Å². The first kappa shape index (κ1) is 10.4.